The first-order valence-corrected chi connectivity index (χ1v) is 11.2. The van der Waals surface area contributed by atoms with Gasteiger partial charge in [-0.1, -0.05) is 47.7 Å². The Hall–Kier alpha value is -3.98. The zero-order chi connectivity index (χ0) is 24.4. The third-order valence-electron chi connectivity index (χ3n) is 5.28. The Labute approximate surface area is 199 Å². The molecule has 0 fully saturated rings. The smallest absolute Gasteiger partial charge is 0.338 e. The van der Waals surface area contributed by atoms with Gasteiger partial charge in [0.2, 0.25) is 0 Å². The van der Waals surface area contributed by atoms with Crippen LogP contribution in [0.15, 0.2) is 69.6 Å². The van der Waals surface area contributed by atoms with E-state index in [2.05, 4.69) is 4.99 Å². The van der Waals surface area contributed by atoms with Crippen LogP contribution in [0.4, 0.5) is 0 Å². The van der Waals surface area contributed by atoms with E-state index in [-0.39, 0.29) is 22.6 Å². The second-order valence-corrected chi connectivity index (χ2v) is 8.50. The molecule has 4 rings (SSSR count). The summed E-state index contributed by atoms with van der Waals surface area (Å²) < 4.78 is 17.6. The van der Waals surface area contributed by atoms with Gasteiger partial charge in [-0.25, -0.2) is 9.79 Å². The van der Waals surface area contributed by atoms with Gasteiger partial charge in [0.1, 0.15) is 0 Å². The van der Waals surface area contributed by atoms with Gasteiger partial charge in [0.15, 0.2) is 16.3 Å². The number of carbonyl (C=O) groups excluding carboxylic acids is 2. The highest BCUT2D eigenvalue weighted by molar-refractivity contribution is 7.07. The molecule has 174 valence electrons. The van der Waals surface area contributed by atoms with Gasteiger partial charge in [-0.3, -0.25) is 14.2 Å². The molecule has 34 heavy (non-hydrogen) atoms. The Morgan fingerprint density at radius 3 is 2.47 bits per heavy atom. The highest BCUT2D eigenvalue weighted by Gasteiger charge is 2.33. The normalized spacial score (nSPS) is 15.4. The molecule has 3 aromatic rings. The molecule has 0 N–H and O–H groups in total. The number of ether oxygens (including phenoxy) is 3. The van der Waals surface area contributed by atoms with Crippen molar-refractivity contribution in [3.63, 3.8) is 0 Å². The number of fused-ring (bicyclic) bond motifs is 1. The number of esters is 2. The number of allylic oxidation sites excluding steroid dienone is 1. The lowest BCUT2D eigenvalue weighted by molar-refractivity contribution is -0.136. The summed E-state index contributed by atoms with van der Waals surface area (Å²) in [5.74, 6) is -0.564. The zero-order valence-corrected chi connectivity index (χ0v) is 19.8. The molecule has 9 heteroatoms. The first-order chi connectivity index (χ1) is 16.3. The molecule has 0 aliphatic carbocycles. The van der Waals surface area contributed by atoms with Gasteiger partial charge in [-0.05, 0) is 36.3 Å². The molecule has 1 aromatic heterocycles. The van der Waals surface area contributed by atoms with E-state index in [4.69, 9.17) is 14.2 Å². The minimum absolute atomic E-state index is 0.232. The Bertz CT molecular complexity index is 1480. The van der Waals surface area contributed by atoms with Crippen LogP contribution in [0.25, 0.3) is 6.08 Å². The van der Waals surface area contributed by atoms with Gasteiger partial charge in [0.05, 0.1) is 36.1 Å². The molecular formula is C25H22N2O6S. The van der Waals surface area contributed by atoms with Crippen LogP contribution in [-0.2, 0) is 14.3 Å². The number of nitrogens with zero attached hydrogens (tertiary/aromatic N) is 2. The summed E-state index contributed by atoms with van der Waals surface area (Å²) in [6.45, 7) is 3.00. The molecule has 0 bridgehead atoms. The van der Waals surface area contributed by atoms with Crippen LogP contribution < -0.4 is 24.4 Å². The Kier molecular flexibility index (Phi) is 6.47. The fourth-order valence-electron chi connectivity index (χ4n) is 3.80. The van der Waals surface area contributed by atoms with Crippen LogP contribution >= 0.6 is 11.3 Å². The van der Waals surface area contributed by atoms with E-state index >= 15 is 0 Å². The number of thiazole rings is 1. The third kappa shape index (κ3) is 4.29. The van der Waals surface area contributed by atoms with Gasteiger partial charge in [-0.15, -0.1) is 0 Å². The largest absolute Gasteiger partial charge is 0.493 e. The third-order valence-corrected chi connectivity index (χ3v) is 6.26. The van der Waals surface area contributed by atoms with Crippen molar-refractivity contribution >= 4 is 29.4 Å². The van der Waals surface area contributed by atoms with Crippen molar-refractivity contribution < 1.29 is 23.8 Å². The van der Waals surface area contributed by atoms with E-state index < -0.39 is 18.0 Å². The average molecular weight is 479 g/mol. The van der Waals surface area contributed by atoms with Gasteiger partial charge >= 0.3 is 11.9 Å². The standard InChI is InChI=1S/C25H22N2O6S/c1-14-21(24(30)32-4)22(17-10-11-18(33-15(2)28)19(13-17)31-3)27-23(29)20(34-25(27)26-14)12-16-8-6-5-7-9-16/h5-13,22H,1-4H3/b20-12+/t22-/m1/s1. The molecule has 0 saturated carbocycles. The first-order valence-electron chi connectivity index (χ1n) is 10.4. The quantitative estimate of drug-likeness (QED) is 0.413. The lowest BCUT2D eigenvalue weighted by atomic mass is 9.95. The van der Waals surface area contributed by atoms with Crippen LogP contribution in [0.3, 0.4) is 0 Å². The van der Waals surface area contributed by atoms with E-state index in [1.807, 2.05) is 30.3 Å². The summed E-state index contributed by atoms with van der Waals surface area (Å²) in [4.78, 5) is 42.8. The lowest BCUT2D eigenvalue weighted by Crippen LogP contribution is -2.39. The van der Waals surface area contributed by atoms with Crippen molar-refractivity contribution in [3.05, 3.63) is 90.6 Å². The molecule has 0 amide bonds. The molecule has 2 heterocycles. The van der Waals surface area contributed by atoms with Gasteiger partial charge in [-0.2, -0.15) is 0 Å². The first kappa shape index (κ1) is 23.2. The highest BCUT2D eigenvalue weighted by Crippen LogP contribution is 2.36. The fourth-order valence-corrected chi connectivity index (χ4v) is 4.85. The predicted octanol–water partition coefficient (Wildman–Crippen LogP) is 2.34. The van der Waals surface area contributed by atoms with Crippen LogP contribution in [-0.4, -0.2) is 30.7 Å². The molecule has 0 saturated heterocycles. The van der Waals surface area contributed by atoms with Crippen LogP contribution in [0, 0.1) is 0 Å². The SMILES string of the molecule is COC(=O)C1=C(C)N=c2s/c(=C/c3ccccc3)c(=O)n2[C@@H]1c1ccc(OC(C)=O)c(OC)c1. The van der Waals surface area contributed by atoms with Gasteiger partial charge in [0.25, 0.3) is 5.56 Å². The molecule has 0 unspecified atom stereocenters. The van der Waals surface area contributed by atoms with Crippen molar-refractivity contribution in [3.8, 4) is 11.5 Å². The summed E-state index contributed by atoms with van der Waals surface area (Å²) >= 11 is 1.24. The molecule has 2 aromatic carbocycles. The zero-order valence-electron chi connectivity index (χ0n) is 19.0. The second kappa shape index (κ2) is 9.48. The van der Waals surface area contributed by atoms with Gasteiger partial charge in [0, 0.05) is 6.92 Å². The molecule has 0 radical (unpaired) electrons. The molecule has 8 nitrogen and oxygen atoms in total. The van der Waals surface area contributed by atoms with Gasteiger partial charge < -0.3 is 14.2 Å². The monoisotopic (exact) mass is 478 g/mol. The topological polar surface area (TPSA) is 96.2 Å². The summed E-state index contributed by atoms with van der Waals surface area (Å²) in [7, 11) is 2.73. The van der Waals surface area contributed by atoms with E-state index in [1.54, 1.807) is 31.2 Å². The van der Waals surface area contributed by atoms with E-state index in [9.17, 15) is 14.4 Å². The Balaban J connectivity index is 1.96. The summed E-state index contributed by atoms with van der Waals surface area (Å²) in [6.07, 6.45) is 1.79. The maximum atomic E-state index is 13.5. The minimum atomic E-state index is -0.804. The molecule has 1 atom stereocenters. The van der Waals surface area contributed by atoms with E-state index in [0.717, 1.165) is 5.56 Å². The maximum Gasteiger partial charge on any atom is 0.338 e. The molecule has 0 spiro atoms. The molecular weight excluding hydrogens is 456 g/mol. The van der Waals surface area contributed by atoms with Crippen molar-refractivity contribution in [2.75, 3.05) is 14.2 Å². The summed E-state index contributed by atoms with van der Waals surface area (Å²) in [5.41, 5.74) is 1.86. The van der Waals surface area contributed by atoms with Crippen LogP contribution in [0.1, 0.15) is 31.0 Å². The van der Waals surface area contributed by atoms with Crippen molar-refractivity contribution in [1.82, 2.24) is 4.57 Å². The van der Waals surface area contributed by atoms with E-state index in [0.29, 0.717) is 20.6 Å². The Morgan fingerprint density at radius 1 is 1.09 bits per heavy atom. The summed E-state index contributed by atoms with van der Waals surface area (Å²) in [5, 5.41) is 0. The van der Waals surface area contributed by atoms with Crippen LogP contribution in [0.5, 0.6) is 11.5 Å². The molecule has 1 aliphatic rings. The number of carbonyl (C=O) groups is 2. The number of hydrogen-bond acceptors (Lipinski definition) is 8. The number of benzene rings is 2. The average Bonchev–Trinajstić information content (AvgIpc) is 3.12. The van der Waals surface area contributed by atoms with Crippen molar-refractivity contribution in [1.29, 1.82) is 0 Å². The number of aromatic nitrogens is 1. The van der Waals surface area contributed by atoms with Crippen LogP contribution in [0.2, 0.25) is 0 Å². The number of rotatable bonds is 5. The number of methoxy groups -OCH3 is 2. The summed E-state index contributed by atoms with van der Waals surface area (Å²) in [6, 6.07) is 13.6. The fraction of sp³-hybridized carbons (Fsp3) is 0.200. The number of hydrogen-bond donors (Lipinski definition) is 0. The second-order valence-electron chi connectivity index (χ2n) is 7.49. The van der Waals surface area contributed by atoms with E-state index in [1.165, 1.54) is 37.0 Å². The van der Waals surface area contributed by atoms with Crippen molar-refractivity contribution in [2.45, 2.75) is 19.9 Å². The lowest BCUT2D eigenvalue weighted by Gasteiger charge is -2.25. The maximum absolute atomic E-state index is 13.5. The minimum Gasteiger partial charge on any atom is -0.493 e. The molecule has 1 aliphatic heterocycles. The van der Waals surface area contributed by atoms with Crippen molar-refractivity contribution in [2.24, 2.45) is 4.99 Å². The highest BCUT2D eigenvalue weighted by atomic mass is 32.1. The predicted molar refractivity (Wildman–Crippen MR) is 127 cm³/mol. The Morgan fingerprint density at radius 2 is 1.82 bits per heavy atom.